The summed E-state index contributed by atoms with van der Waals surface area (Å²) in [6, 6.07) is 16.7. The summed E-state index contributed by atoms with van der Waals surface area (Å²) in [5, 5.41) is 0. The van der Waals surface area contributed by atoms with Gasteiger partial charge in [0.2, 0.25) is 10.0 Å². The number of methoxy groups -OCH3 is 1. The average molecular weight is 357 g/mol. The Morgan fingerprint density at radius 2 is 1.80 bits per heavy atom. The van der Waals surface area contributed by atoms with Crippen molar-refractivity contribution in [3.8, 4) is 5.75 Å². The molecule has 0 saturated heterocycles. The van der Waals surface area contributed by atoms with Gasteiger partial charge in [-0.2, -0.15) is 4.72 Å². The highest BCUT2D eigenvalue weighted by Crippen LogP contribution is 2.27. The molecule has 0 aliphatic rings. The second-order valence-electron chi connectivity index (χ2n) is 5.66. The predicted molar refractivity (Wildman–Crippen MR) is 95.0 cm³/mol. The first-order valence-electron chi connectivity index (χ1n) is 7.76. The van der Waals surface area contributed by atoms with Crippen LogP contribution in [-0.4, -0.2) is 15.5 Å². The summed E-state index contributed by atoms with van der Waals surface area (Å²) in [5.41, 5.74) is 1.72. The van der Waals surface area contributed by atoms with E-state index in [1.807, 2.05) is 19.1 Å². The van der Waals surface area contributed by atoms with Crippen LogP contribution in [0.15, 0.2) is 76.2 Å². The number of hydrogen-bond acceptors (Lipinski definition) is 4. The lowest BCUT2D eigenvalue weighted by atomic mass is 10.1. The summed E-state index contributed by atoms with van der Waals surface area (Å²) in [4.78, 5) is 0.206. The Bertz CT molecular complexity index is 932. The molecule has 0 amide bonds. The average Bonchev–Trinajstić information content (AvgIpc) is 3.14. The molecule has 0 spiro atoms. The van der Waals surface area contributed by atoms with E-state index in [4.69, 9.17) is 9.15 Å². The van der Waals surface area contributed by atoms with Crippen molar-refractivity contribution >= 4 is 10.0 Å². The number of aryl methyl sites for hydroxylation is 1. The third-order valence-electron chi connectivity index (χ3n) is 3.86. The van der Waals surface area contributed by atoms with Gasteiger partial charge >= 0.3 is 0 Å². The van der Waals surface area contributed by atoms with Crippen molar-refractivity contribution in [3.63, 3.8) is 0 Å². The fourth-order valence-corrected chi connectivity index (χ4v) is 3.70. The molecule has 0 fully saturated rings. The third-order valence-corrected chi connectivity index (χ3v) is 5.30. The molecule has 130 valence electrons. The van der Waals surface area contributed by atoms with Gasteiger partial charge in [0.1, 0.15) is 17.6 Å². The highest BCUT2D eigenvalue weighted by Gasteiger charge is 2.25. The van der Waals surface area contributed by atoms with Gasteiger partial charge in [-0.15, -0.1) is 0 Å². The minimum atomic E-state index is -3.72. The van der Waals surface area contributed by atoms with E-state index in [0.717, 1.165) is 11.1 Å². The molecule has 0 unspecified atom stereocenters. The molecule has 0 radical (unpaired) electrons. The second-order valence-corrected chi connectivity index (χ2v) is 7.37. The Labute approximate surface area is 147 Å². The van der Waals surface area contributed by atoms with Gasteiger partial charge in [-0.05, 0) is 48.9 Å². The second kappa shape index (κ2) is 7.13. The van der Waals surface area contributed by atoms with Gasteiger partial charge in [-0.1, -0.05) is 29.8 Å². The zero-order chi connectivity index (χ0) is 17.9. The lowest BCUT2D eigenvalue weighted by molar-refractivity contribution is 0.413. The van der Waals surface area contributed by atoms with Crippen LogP contribution in [0.1, 0.15) is 22.9 Å². The van der Waals surface area contributed by atoms with Crippen LogP contribution < -0.4 is 9.46 Å². The van der Waals surface area contributed by atoms with Gasteiger partial charge in [0, 0.05) is 0 Å². The van der Waals surface area contributed by atoms with Crippen LogP contribution in [0.4, 0.5) is 0 Å². The molecular formula is C19H19NO4S. The Hall–Kier alpha value is -2.57. The number of furan rings is 1. The van der Waals surface area contributed by atoms with Crippen molar-refractivity contribution in [2.24, 2.45) is 0 Å². The molecule has 3 rings (SSSR count). The molecule has 2 aromatic carbocycles. The summed E-state index contributed by atoms with van der Waals surface area (Å²) in [6.45, 7) is 1.91. The van der Waals surface area contributed by atoms with Gasteiger partial charge in [0.15, 0.2) is 0 Å². The van der Waals surface area contributed by atoms with E-state index in [-0.39, 0.29) is 4.90 Å². The lowest BCUT2D eigenvalue weighted by Crippen LogP contribution is -2.29. The fraction of sp³-hybridized carbons (Fsp3) is 0.158. The maximum atomic E-state index is 12.8. The largest absolute Gasteiger partial charge is 0.497 e. The maximum absolute atomic E-state index is 12.8. The van der Waals surface area contributed by atoms with Crippen molar-refractivity contribution in [3.05, 3.63) is 83.8 Å². The van der Waals surface area contributed by atoms with Crippen molar-refractivity contribution < 1.29 is 17.6 Å². The monoisotopic (exact) mass is 357 g/mol. The standard InChI is InChI=1S/C19H19NO4S/c1-14-8-10-17(11-9-14)25(21,22)20-19(18-7-4-12-24-18)15-5-3-6-16(13-15)23-2/h3-13,19-20H,1-2H3/t19-/m1/s1. The molecular weight excluding hydrogens is 338 g/mol. The first-order valence-corrected chi connectivity index (χ1v) is 9.24. The SMILES string of the molecule is COc1cccc([C@@H](NS(=O)(=O)c2ccc(C)cc2)c2ccco2)c1. The first-order chi connectivity index (χ1) is 12.0. The van der Waals surface area contributed by atoms with Gasteiger partial charge in [-0.3, -0.25) is 0 Å². The van der Waals surface area contributed by atoms with E-state index in [2.05, 4.69) is 4.72 Å². The molecule has 1 aromatic heterocycles. The summed E-state index contributed by atoms with van der Waals surface area (Å²) in [7, 11) is -2.15. The lowest BCUT2D eigenvalue weighted by Gasteiger charge is -2.18. The number of ether oxygens (including phenoxy) is 1. The number of rotatable bonds is 6. The Kier molecular flexibility index (Phi) is 4.92. The minimum absolute atomic E-state index is 0.206. The van der Waals surface area contributed by atoms with Crippen LogP contribution in [0.3, 0.4) is 0 Å². The minimum Gasteiger partial charge on any atom is -0.497 e. The summed E-state index contributed by atoms with van der Waals surface area (Å²) >= 11 is 0. The topological polar surface area (TPSA) is 68.5 Å². The molecule has 1 N–H and O–H groups in total. The van der Waals surface area contributed by atoms with Gasteiger partial charge in [-0.25, -0.2) is 8.42 Å². The van der Waals surface area contributed by atoms with E-state index in [1.54, 1.807) is 55.6 Å². The van der Waals surface area contributed by atoms with Crippen LogP contribution >= 0.6 is 0 Å². The highest BCUT2D eigenvalue weighted by molar-refractivity contribution is 7.89. The highest BCUT2D eigenvalue weighted by atomic mass is 32.2. The van der Waals surface area contributed by atoms with Crippen LogP contribution in [0.5, 0.6) is 5.75 Å². The zero-order valence-electron chi connectivity index (χ0n) is 14.0. The van der Waals surface area contributed by atoms with Crippen LogP contribution in [0.2, 0.25) is 0 Å². The zero-order valence-corrected chi connectivity index (χ0v) is 14.8. The maximum Gasteiger partial charge on any atom is 0.241 e. The number of nitrogens with one attached hydrogen (secondary N) is 1. The van der Waals surface area contributed by atoms with Crippen LogP contribution in [0, 0.1) is 6.92 Å². The van der Waals surface area contributed by atoms with Crippen molar-refractivity contribution in [2.75, 3.05) is 7.11 Å². The molecule has 0 aliphatic heterocycles. The van der Waals surface area contributed by atoms with Crippen molar-refractivity contribution in [2.45, 2.75) is 17.9 Å². The van der Waals surface area contributed by atoms with E-state index in [9.17, 15) is 8.42 Å². The van der Waals surface area contributed by atoms with Crippen molar-refractivity contribution in [1.82, 2.24) is 4.72 Å². The summed E-state index contributed by atoms with van der Waals surface area (Å²) in [6.07, 6.45) is 1.52. The van der Waals surface area contributed by atoms with Crippen LogP contribution in [0.25, 0.3) is 0 Å². The van der Waals surface area contributed by atoms with E-state index < -0.39 is 16.1 Å². The van der Waals surface area contributed by atoms with E-state index in [1.165, 1.54) is 6.26 Å². The number of benzene rings is 2. The van der Waals surface area contributed by atoms with Crippen LogP contribution in [-0.2, 0) is 10.0 Å². The Morgan fingerprint density at radius 3 is 2.44 bits per heavy atom. The molecule has 0 saturated carbocycles. The van der Waals surface area contributed by atoms with Gasteiger partial charge in [0.25, 0.3) is 0 Å². The molecule has 0 aliphatic carbocycles. The predicted octanol–water partition coefficient (Wildman–Crippen LogP) is 3.66. The quantitative estimate of drug-likeness (QED) is 0.731. The number of hydrogen-bond donors (Lipinski definition) is 1. The van der Waals surface area contributed by atoms with E-state index >= 15 is 0 Å². The van der Waals surface area contributed by atoms with Gasteiger partial charge in [0.05, 0.1) is 18.3 Å². The molecule has 6 heteroatoms. The molecule has 3 aromatic rings. The summed E-state index contributed by atoms with van der Waals surface area (Å²) in [5.74, 6) is 1.15. The smallest absolute Gasteiger partial charge is 0.241 e. The normalized spacial score (nSPS) is 12.7. The molecule has 1 atom stereocenters. The fourth-order valence-electron chi connectivity index (χ4n) is 2.51. The molecule has 1 heterocycles. The Morgan fingerprint density at radius 1 is 1.04 bits per heavy atom. The third kappa shape index (κ3) is 3.92. The summed E-state index contributed by atoms with van der Waals surface area (Å²) < 4.78 is 39.0. The molecule has 25 heavy (non-hydrogen) atoms. The molecule has 0 bridgehead atoms. The van der Waals surface area contributed by atoms with Gasteiger partial charge < -0.3 is 9.15 Å². The Balaban J connectivity index is 1.99. The molecule has 5 nitrogen and oxygen atoms in total. The van der Waals surface area contributed by atoms with E-state index in [0.29, 0.717) is 11.5 Å². The number of sulfonamides is 1. The van der Waals surface area contributed by atoms with Crippen molar-refractivity contribution in [1.29, 1.82) is 0 Å². The first kappa shape index (κ1) is 17.3.